The highest BCUT2D eigenvalue weighted by Crippen LogP contribution is 2.81. The third-order valence-electron chi connectivity index (χ3n) is 11.7. The van der Waals surface area contributed by atoms with Crippen molar-refractivity contribution in [2.75, 3.05) is 0 Å². The monoisotopic (exact) mass is 322 g/mol. The van der Waals surface area contributed by atoms with Crippen LogP contribution in [0.5, 0.6) is 0 Å². The summed E-state index contributed by atoms with van der Waals surface area (Å²) in [4.78, 5) is 0. The van der Waals surface area contributed by atoms with Crippen LogP contribution in [0.3, 0.4) is 0 Å². The molecule has 24 heavy (non-hydrogen) atoms. The molecule has 1 heteroatoms. The maximum Gasteiger partial charge on any atom is 0.0599 e. The number of fused-ring (bicyclic) bond motifs is 23. The largest absolute Gasteiger partial charge is 0.393 e. The van der Waals surface area contributed by atoms with Gasteiger partial charge in [0.25, 0.3) is 0 Å². The Morgan fingerprint density at radius 2 is 1.04 bits per heavy atom. The molecule has 0 spiro atoms. The van der Waals surface area contributed by atoms with Gasteiger partial charge in [0.05, 0.1) is 6.10 Å². The van der Waals surface area contributed by atoms with Gasteiger partial charge in [-0.2, -0.15) is 0 Å². The summed E-state index contributed by atoms with van der Waals surface area (Å²) in [6.07, 6.45) is 11.4. The van der Waals surface area contributed by atoms with Crippen molar-refractivity contribution in [3.05, 3.63) is 12.2 Å². The summed E-state index contributed by atoms with van der Waals surface area (Å²) in [5.74, 6) is 14.8. The Bertz CT molecular complexity index is 615. The highest BCUT2D eigenvalue weighted by Gasteiger charge is 2.76. The lowest BCUT2D eigenvalue weighted by Gasteiger charge is -2.51. The first-order chi connectivity index (χ1) is 11.7. The number of rotatable bonds is 0. The molecule has 0 aromatic rings. The van der Waals surface area contributed by atoms with E-state index >= 15 is 0 Å². The molecule has 128 valence electrons. The van der Waals surface area contributed by atoms with Crippen molar-refractivity contribution in [1.82, 2.24) is 0 Å². The van der Waals surface area contributed by atoms with Crippen LogP contribution in [0.4, 0.5) is 0 Å². The van der Waals surface area contributed by atoms with Crippen LogP contribution in [0.2, 0.25) is 0 Å². The van der Waals surface area contributed by atoms with E-state index in [1.54, 1.807) is 12.8 Å². The van der Waals surface area contributed by atoms with Crippen LogP contribution in [0, 0.1) is 88.8 Å². The van der Waals surface area contributed by atoms with Crippen molar-refractivity contribution in [3.8, 4) is 0 Å². The second-order valence-electron chi connectivity index (χ2n) is 11.5. The number of hydrogen-bond acceptors (Lipinski definition) is 1. The SMILES string of the molecule is CC1C(O)C2CC1C1C3CC(C21)C1C2CC(C4C5C=CC(C5)C24)C31. The van der Waals surface area contributed by atoms with Gasteiger partial charge in [0.15, 0.2) is 0 Å². The van der Waals surface area contributed by atoms with Crippen molar-refractivity contribution in [3.63, 3.8) is 0 Å². The highest BCUT2D eigenvalue weighted by atomic mass is 16.3. The topological polar surface area (TPSA) is 20.2 Å². The van der Waals surface area contributed by atoms with E-state index < -0.39 is 0 Å². The molecule has 8 rings (SSSR count). The van der Waals surface area contributed by atoms with Gasteiger partial charge < -0.3 is 5.11 Å². The van der Waals surface area contributed by atoms with E-state index in [4.69, 9.17) is 0 Å². The van der Waals surface area contributed by atoms with E-state index in [-0.39, 0.29) is 6.10 Å². The van der Waals surface area contributed by atoms with E-state index in [0.717, 1.165) is 76.9 Å². The molecule has 0 aromatic carbocycles. The summed E-state index contributed by atoms with van der Waals surface area (Å²) in [6, 6.07) is 0. The minimum absolute atomic E-state index is 0.0471. The van der Waals surface area contributed by atoms with Crippen LogP contribution < -0.4 is 0 Å². The minimum Gasteiger partial charge on any atom is -0.393 e. The third kappa shape index (κ3) is 1.08. The standard InChI is InChI=1S/C23H30O/c1-8-11-5-16(23(8)24)22-15-7-14(19(11)22)20-12-6-13(21(15)20)18-10-3-2-9(4-10)17(12)18/h2-3,8-24H,4-7H2,1H3. The zero-order chi connectivity index (χ0) is 15.5. The summed E-state index contributed by atoms with van der Waals surface area (Å²) >= 11 is 0. The number of aliphatic hydroxyl groups is 1. The third-order valence-corrected chi connectivity index (χ3v) is 11.7. The first-order valence-corrected chi connectivity index (χ1v) is 11.1. The quantitative estimate of drug-likeness (QED) is 0.531. The van der Waals surface area contributed by atoms with Crippen LogP contribution in [-0.4, -0.2) is 11.2 Å². The molecule has 16 atom stereocenters. The predicted molar refractivity (Wildman–Crippen MR) is 91.6 cm³/mol. The molecule has 8 aliphatic carbocycles. The lowest BCUT2D eigenvalue weighted by molar-refractivity contribution is -0.0649. The van der Waals surface area contributed by atoms with Gasteiger partial charge in [-0.15, -0.1) is 0 Å². The molecule has 0 amide bonds. The molecule has 1 nitrogen and oxygen atoms in total. The second-order valence-corrected chi connectivity index (χ2v) is 11.5. The molecule has 1 N–H and O–H groups in total. The Kier molecular flexibility index (Phi) is 2.00. The zero-order valence-corrected chi connectivity index (χ0v) is 14.7. The van der Waals surface area contributed by atoms with Gasteiger partial charge in [-0.3, -0.25) is 0 Å². The Hall–Kier alpha value is -0.300. The van der Waals surface area contributed by atoms with Crippen molar-refractivity contribution < 1.29 is 5.11 Å². The fourth-order valence-electron chi connectivity index (χ4n) is 11.8. The van der Waals surface area contributed by atoms with Crippen LogP contribution >= 0.6 is 0 Å². The van der Waals surface area contributed by atoms with Crippen LogP contribution in [-0.2, 0) is 0 Å². The van der Waals surface area contributed by atoms with E-state index in [1.807, 2.05) is 0 Å². The van der Waals surface area contributed by atoms with Gasteiger partial charge in [-0.1, -0.05) is 19.1 Å². The lowest BCUT2D eigenvalue weighted by Crippen LogP contribution is -2.49. The van der Waals surface area contributed by atoms with E-state index in [1.165, 1.54) is 12.8 Å². The zero-order valence-electron chi connectivity index (χ0n) is 14.7. The second kappa shape index (κ2) is 3.71. The Balaban J connectivity index is 1.23. The van der Waals surface area contributed by atoms with Crippen molar-refractivity contribution in [2.45, 2.75) is 38.7 Å². The average Bonchev–Trinajstić information content (AvgIpc) is 3.39. The Morgan fingerprint density at radius 1 is 0.583 bits per heavy atom. The highest BCUT2D eigenvalue weighted by molar-refractivity contribution is 5.27. The first kappa shape index (κ1) is 13.0. The van der Waals surface area contributed by atoms with E-state index in [9.17, 15) is 5.11 Å². The molecule has 8 bridgehead atoms. The summed E-state index contributed by atoms with van der Waals surface area (Å²) in [5.41, 5.74) is 0. The van der Waals surface area contributed by atoms with Crippen LogP contribution in [0.15, 0.2) is 12.2 Å². The Labute approximate surface area is 145 Å². The summed E-state index contributed by atoms with van der Waals surface area (Å²) in [7, 11) is 0. The first-order valence-electron chi connectivity index (χ1n) is 11.1. The molecule has 0 saturated heterocycles. The number of allylic oxidation sites excluding steroid dienone is 2. The molecule has 7 fully saturated rings. The number of hydrogen-bond donors (Lipinski definition) is 1. The normalized spacial score (nSPS) is 77.6. The fourth-order valence-corrected chi connectivity index (χ4v) is 11.8. The van der Waals surface area contributed by atoms with Gasteiger partial charge in [0, 0.05) is 0 Å². The van der Waals surface area contributed by atoms with Crippen LogP contribution in [0.1, 0.15) is 32.6 Å². The van der Waals surface area contributed by atoms with Crippen LogP contribution in [0.25, 0.3) is 0 Å². The minimum atomic E-state index is 0.0471. The molecule has 0 aliphatic heterocycles. The molecular weight excluding hydrogens is 292 g/mol. The smallest absolute Gasteiger partial charge is 0.0599 e. The van der Waals surface area contributed by atoms with E-state index in [2.05, 4.69) is 19.1 Å². The molecule has 7 saturated carbocycles. The Morgan fingerprint density at radius 3 is 1.67 bits per heavy atom. The number of aliphatic hydroxyl groups excluding tert-OH is 1. The lowest BCUT2D eigenvalue weighted by atomic mass is 9.54. The summed E-state index contributed by atoms with van der Waals surface area (Å²) < 4.78 is 0. The van der Waals surface area contributed by atoms with Gasteiger partial charge in [0.2, 0.25) is 0 Å². The van der Waals surface area contributed by atoms with Crippen molar-refractivity contribution >= 4 is 0 Å². The fraction of sp³-hybridized carbons (Fsp3) is 0.913. The van der Waals surface area contributed by atoms with Gasteiger partial charge in [-0.25, -0.2) is 0 Å². The van der Waals surface area contributed by atoms with E-state index in [0.29, 0.717) is 11.8 Å². The summed E-state index contributed by atoms with van der Waals surface area (Å²) in [5, 5.41) is 10.8. The predicted octanol–water partition coefficient (Wildman–Crippen LogP) is 3.84. The molecule has 16 unspecified atom stereocenters. The molecule has 0 heterocycles. The van der Waals surface area contributed by atoms with Crippen molar-refractivity contribution in [2.24, 2.45) is 88.8 Å². The van der Waals surface area contributed by atoms with Gasteiger partial charge in [0.1, 0.15) is 0 Å². The van der Waals surface area contributed by atoms with Crippen molar-refractivity contribution in [1.29, 1.82) is 0 Å². The van der Waals surface area contributed by atoms with Gasteiger partial charge in [-0.05, 0) is 114 Å². The molecular formula is C23H30O. The molecule has 8 aliphatic rings. The average molecular weight is 322 g/mol. The molecule has 0 aromatic heterocycles. The maximum atomic E-state index is 10.8. The van der Waals surface area contributed by atoms with Gasteiger partial charge >= 0.3 is 0 Å². The molecule has 0 radical (unpaired) electrons. The maximum absolute atomic E-state index is 10.8. The summed E-state index contributed by atoms with van der Waals surface area (Å²) in [6.45, 7) is 2.37.